The molecule has 1 saturated heterocycles. The minimum absolute atomic E-state index is 0.0460. The largest absolute Gasteiger partial charge is 0.496 e. The number of nitrogens with two attached hydrogens (primary N) is 1. The SMILES string of the molecule is COc1cccc(N2CCNC(=O)C2C)c1[C@H](C)N. The summed E-state index contributed by atoms with van der Waals surface area (Å²) in [5.41, 5.74) is 8.00. The summed E-state index contributed by atoms with van der Waals surface area (Å²) in [5, 5.41) is 2.87. The van der Waals surface area contributed by atoms with Crippen LogP contribution in [0.4, 0.5) is 5.69 Å². The van der Waals surface area contributed by atoms with E-state index in [-0.39, 0.29) is 18.0 Å². The highest BCUT2D eigenvalue weighted by Gasteiger charge is 2.28. The number of anilines is 1. The standard InChI is InChI=1S/C14H21N3O2/c1-9(15)13-11(5-4-6-12(13)19-3)17-8-7-16-14(18)10(17)2/h4-6,9-10H,7-8,15H2,1-3H3,(H,16,18)/t9-,10?/m0/s1. The highest BCUT2D eigenvalue weighted by Crippen LogP contribution is 2.34. The van der Waals surface area contributed by atoms with Crippen LogP contribution in [0, 0.1) is 0 Å². The van der Waals surface area contributed by atoms with Crippen LogP contribution in [-0.2, 0) is 4.79 Å². The molecule has 5 nitrogen and oxygen atoms in total. The molecule has 1 aliphatic heterocycles. The van der Waals surface area contributed by atoms with Gasteiger partial charge in [-0.25, -0.2) is 0 Å². The molecule has 5 heteroatoms. The van der Waals surface area contributed by atoms with Crippen molar-refractivity contribution in [1.29, 1.82) is 0 Å². The minimum Gasteiger partial charge on any atom is -0.496 e. The number of ether oxygens (including phenoxy) is 1. The Kier molecular flexibility index (Phi) is 3.95. The van der Waals surface area contributed by atoms with Gasteiger partial charge in [0.05, 0.1) is 7.11 Å². The summed E-state index contributed by atoms with van der Waals surface area (Å²) in [7, 11) is 1.64. The van der Waals surface area contributed by atoms with Crippen molar-refractivity contribution in [2.75, 3.05) is 25.1 Å². The summed E-state index contributed by atoms with van der Waals surface area (Å²) in [4.78, 5) is 13.9. The maximum atomic E-state index is 11.8. The molecule has 0 aromatic heterocycles. The van der Waals surface area contributed by atoms with Gasteiger partial charge in [0.25, 0.3) is 0 Å². The Hall–Kier alpha value is -1.75. The lowest BCUT2D eigenvalue weighted by molar-refractivity contribution is -0.122. The molecule has 19 heavy (non-hydrogen) atoms. The molecule has 0 radical (unpaired) electrons. The normalized spacial score (nSPS) is 20.9. The third kappa shape index (κ3) is 2.51. The number of carbonyl (C=O) groups is 1. The van der Waals surface area contributed by atoms with Crippen molar-refractivity contribution in [1.82, 2.24) is 5.32 Å². The van der Waals surface area contributed by atoms with Crippen LogP contribution in [0.1, 0.15) is 25.5 Å². The van der Waals surface area contributed by atoms with Crippen LogP contribution in [0.2, 0.25) is 0 Å². The summed E-state index contributed by atoms with van der Waals surface area (Å²) in [5.74, 6) is 0.815. The Bertz CT molecular complexity index is 474. The predicted octanol–water partition coefficient (Wildman–Crippen LogP) is 1.04. The van der Waals surface area contributed by atoms with Crippen LogP contribution >= 0.6 is 0 Å². The molecule has 0 aliphatic carbocycles. The number of methoxy groups -OCH3 is 1. The van der Waals surface area contributed by atoms with Crippen LogP contribution in [0.3, 0.4) is 0 Å². The quantitative estimate of drug-likeness (QED) is 0.855. The lowest BCUT2D eigenvalue weighted by Crippen LogP contribution is -2.54. The van der Waals surface area contributed by atoms with Gasteiger partial charge >= 0.3 is 0 Å². The second kappa shape index (κ2) is 5.48. The van der Waals surface area contributed by atoms with E-state index in [0.717, 1.165) is 23.5 Å². The Morgan fingerprint density at radius 1 is 1.53 bits per heavy atom. The van der Waals surface area contributed by atoms with E-state index in [1.54, 1.807) is 7.11 Å². The monoisotopic (exact) mass is 263 g/mol. The van der Waals surface area contributed by atoms with Gasteiger partial charge in [0.1, 0.15) is 11.8 Å². The van der Waals surface area contributed by atoms with Gasteiger partial charge in [0.15, 0.2) is 0 Å². The fourth-order valence-electron chi connectivity index (χ4n) is 2.53. The Morgan fingerprint density at radius 3 is 2.89 bits per heavy atom. The Morgan fingerprint density at radius 2 is 2.26 bits per heavy atom. The summed E-state index contributed by atoms with van der Waals surface area (Å²) >= 11 is 0. The molecular formula is C14H21N3O2. The van der Waals surface area contributed by atoms with Crippen molar-refractivity contribution in [3.63, 3.8) is 0 Å². The second-order valence-electron chi connectivity index (χ2n) is 4.84. The lowest BCUT2D eigenvalue weighted by atomic mass is 10.0. The van der Waals surface area contributed by atoms with Gasteiger partial charge in [-0.3, -0.25) is 4.79 Å². The lowest BCUT2D eigenvalue weighted by Gasteiger charge is -2.36. The fraction of sp³-hybridized carbons (Fsp3) is 0.500. The van der Waals surface area contributed by atoms with Crippen LogP contribution in [0.15, 0.2) is 18.2 Å². The number of hydrogen-bond acceptors (Lipinski definition) is 4. The third-order valence-electron chi connectivity index (χ3n) is 3.53. The van der Waals surface area contributed by atoms with Crippen LogP contribution in [-0.4, -0.2) is 32.1 Å². The summed E-state index contributed by atoms with van der Waals surface area (Å²) in [6.07, 6.45) is 0. The fourth-order valence-corrected chi connectivity index (χ4v) is 2.53. The first-order valence-corrected chi connectivity index (χ1v) is 6.53. The van der Waals surface area contributed by atoms with Gasteiger partial charge in [-0.2, -0.15) is 0 Å². The predicted molar refractivity (Wildman–Crippen MR) is 75.4 cm³/mol. The number of carbonyl (C=O) groups excluding carboxylic acids is 1. The minimum atomic E-state index is -0.196. The number of benzene rings is 1. The molecule has 2 atom stereocenters. The van der Waals surface area contributed by atoms with Crippen molar-refractivity contribution in [3.8, 4) is 5.75 Å². The molecule has 1 amide bonds. The molecule has 104 valence electrons. The number of piperazine rings is 1. The van der Waals surface area contributed by atoms with Crippen molar-refractivity contribution in [2.45, 2.75) is 25.9 Å². The summed E-state index contributed by atoms with van der Waals surface area (Å²) in [6.45, 7) is 5.26. The maximum Gasteiger partial charge on any atom is 0.242 e. The average molecular weight is 263 g/mol. The molecule has 1 fully saturated rings. The van der Waals surface area contributed by atoms with E-state index >= 15 is 0 Å². The van der Waals surface area contributed by atoms with Gasteiger partial charge in [0.2, 0.25) is 5.91 Å². The summed E-state index contributed by atoms with van der Waals surface area (Å²) < 4.78 is 5.39. The van der Waals surface area contributed by atoms with Crippen LogP contribution < -0.4 is 20.7 Å². The van der Waals surface area contributed by atoms with Crippen molar-refractivity contribution in [2.24, 2.45) is 5.73 Å². The first-order valence-electron chi connectivity index (χ1n) is 6.53. The topological polar surface area (TPSA) is 67.6 Å². The Labute approximate surface area is 113 Å². The van der Waals surface area contributed by atoms with Gasteiger partial charge in [-0.15, -0.1) is 0 Å². The molecule has 1 heterocycles. The first-order chi connectivity index (χ1) is 9.06. The molecule has 0 saturated carbocycles. The molecule has 2 rings (SSSR count). The van der Waals surface area contributed by atoms with E-state index in [0.29, 0.717) is 6.54 Å². The number of hydrogen-bond donors (Lipinski definition) is 2. The van der Waals surface area contributed by atoms with Gasteiger partial charge in [-0.05, 0) is 26.0 Å². The van der Waals surface area contributed by atoms with Gasteiger partial charge in [-0.1, -0.05) is 6.07 Å². The zero-order valence-electron chi connectivity index (χ0n) is 11.6. The number of amides is 1. The van der Waals surface area contributed by atoms with E-state index in [9.17, 15) is 4.79 Å². The molecule has 1 unspecified atom stereocenters. The number of nitrogens with zero attached hydrogens (tertiary/aromatic N) is 1. The van der Waals surface area contributed by atoms with E-state index < -0.39 is 0 Å². The van der Waals surface area contributed by atoms with E-state index in [2.05, 4.69) is 10.2 Å². The maximum absolute atomic E-state index is 11.8. The summed E-state index contributed by atoms with van der Waals surface area (Å²) in [6, 6.07) is 5.48. The van der Waals surface area contributed by atoms with Crippen LogP contribution in [0.25, 0.3) is 0 Å². The average Bonchev–Trinajstić information content (AvgIpc) is 2.40. The number of nitrogens with one attached hydrogen (secondary N) is 1. The molecule has 3 N–H and O–H groups in total. The highest BCUT2D eigenvalue weighted by atomic mass is 16.5. The van der Waals surface area contributed by atoms with Crippen molar-refractivity contribution in [3.05, 3.63) is 23.8 Å². The van der Waals surface area contributed by atoms with Gasteiger partial charge < -0.3 is 20.7 Å². The second-order valence-corrected chi connectivity index (χ2v) is 4.84. The van der Waals surface area contributed by atoms with E-state index in [4.69, 9.17) is 10.5 Å². The highest BCUT2D eigenvalue weighted by molar-refractivity contribution is 5.86. The third-order valence-corrected chi connectivity index (χ3v) is 3.53. The van der Waals surface area contributed by atoms with Crippen molar-refractivity contribution >= 4 is 11.6 Å². The molecule has 0 spiro atoms. The molecule has 1 aromatic rings. The molecule has 0 bridgehead atoms. The van der Waals surface area contributed by atoms with Gasteiger partial charge in [0, 0.05) is 30.4 Å². The molecular weight excluding hydrogens is 242 g/mol. The van der Waals surface area contributed by atoms with E-state index in [1.807, 2.05) is 32.0 Å². The van der Waals surface area contributed by atoms with Crippen LogP contribution in [0.5, 0.6) is 5.75 Å². The molecule has 1 aromatic carbocycles. The first kappa shape index (κ1) is 13.7. The Balaban J connectivity index is 2.46. The smallest absolute Gasteiger partial charge is 0.242 e. The zero-order valence-corrected chi connectivity index (χ0v) is 11.6. The van der Waals surface area contributed by atoms with E-state index in [1.165, 1.54) is 0 Å². The van der Waals surface area contributed by atoms with Crippen molar-refractivity contribution < 1.29 is 9.53 Å². The number of rotatable bonds is 3. The zero-order chi connectivity index (χ0) is 14.0. The molecule has 1 aliphatic rings.